The quantitative estimate of drug-likeness (QED) is 0.416. The van der Waals surface area contributed by atoms with Gasteiger partial charge in [0, 0.05) is 16.8 Å². The fourth-order valence-corrected chi connectivity index (χ4v) is 5.28. The molecule has 2 aromatic heterocycles. The SMILES string of the molecule is CCOC(=O)C1CCCCN1C(=O)c1cc(-c2cccc3ccsc23)cc(-n2cnnn2)c1. The second-order valence-corrected chi connectivity index (χ2v) is 8.85. The van der Waals surface area contributed by atoms with E-state index in [9.17, 15) is 9.59 Å². The fourth-order valence-electron chi connectivity index (χ4n) is 4.35. The number of likely N-dealkylation sites (tertiary alicyclic amines) is 1. The molecule has 5 rings (SSSR count). The molecule has 0 aliphatic carbocycles. The van der Waals surface area contributed by atoms with Crippen LogP contribution in [0.25, 0.3) is 26.9 Å². The zero-order valence-electron chi connectivity index (χ0n) is 18.2. The molecule has 3 heterocycles. The first-order valence-electron chi connectivity index (χ1n) is 11.0. The number of ether oxygens (including phenoxy) is 1. The van der Waals surface area contributed by atoms with E-state index < -0.39 is 6.04 Å². The lowest BCUT2D eigenvalue weighted by Gasteiger charge is -2.34. The molecule has 33 heavy (non-hydrogen) atoms. The van der Waals surface area contributed by atoms with Crippen LogP contribution in [0, 0.1) is 0 Å². The Morgan fingerprint density at radius 2 is 2.09 bits per heavy atom. The maximum atomic E-state index is 13.7. The number of carbonyl (C=O) groups is 2. The number of nitrogens with zero attached hydrogens (tertiary/aromatic N) is 5. The minimum Gasteiger partial charge on any atom is -0.464 e. The van der Waals surface area contributed by atoms with Crippen molar-refractivity contribution in [1.82, 2.24) is 25.1 Å². The largest absolute Gasteiger partial charge is 0.464 e. The molecule has 0 spiro atoms. The van der Waals surface area contributed by atoms with Crippen LogP contribution >= 0.6 is 11.3 Å². The summed E-state index contributed by atoms with van der Waals surface area (Å²) in [7, 11) is 0. The summed E-state index contributed by atoms with van der Waals surface area (Å²) in [6.45, 7) is 2.59. The Morgan fingerprint density at radius 3 is 2.91 bits per heavy atom. The molecule has 0 radical (unpaired) electrons. The molecule has 4 aromatic rings. The normalized spacial score (nSPS) is 16.2. The fraction of sp³-hybridized carbons (Fsp3) is 0.292. The number of tetrazole rings is 1. The van der Waals surface area contributed by atoms with Gasteiger partial charge in [0.05, 0.1) is 12.3 Å². The van der Waals surface area contributed by atoms with Crippen molar-refractivity contribution < 1.29 is 14.3 Å². The van der Waals surface area contributed by atoms with Gasteiger partial charge in [0.25, 0.3) is 5.91 Å². The Labute approximate surface area is 194 Å². The van der Waals surface area contributed by atoms with Crippen molar-refractivity contribution in [3.8, 4) is 16.8 Å². The molecule has 1 saturated heterocycles. The molecular weight excluding hydrogens is 438 g/mol. The van der Waals surface area contributed by atoms with Gasteiger partial charge in [-0.15, -0.1) is 16.4 Å². The van der Waals surface area contributed by atoms with Crippen molar-refractivity contribution in [2.45, 2.75) is 32.2 Å². The van der Waals surface area contributed by atoms with E-state index in [1.165, 1.54) is 11.0 Å². The van der Waals surface area contributed by atoms with E-state index in [2.05, 4.69) is 33.0 Å². The lowest BCUT2D eigenvalue weighted by Crippen LogP contribution is -2.48. The first-order chi connectivity index (χ1) is 16.2. The van der Waals surface area contributed by atoms with Gasteiger partial charge in [-0.1, -0.05) is 18.2 Å². The van der Waals surface area contributed by atoms with Crippen molar-refractivity contribution >= 4 is 33.3 Å². The lowest BCUT2D eigenvalue weighted by atomic mass is 9.97. The second kappa shape index (κ2) is 9.11. The highest BCUT2D eigenvalue weighted by atomic mass is 32.1. The van der Waals surface area contributed by atoms with Crippen LogP contribution in [0.3, 0.4) is 0 Å². The van der Waals surface area contributed by atoms with Gasteiger partial charge in [0.1, 0.15) is 12.4 Å². The zero-order valence-corrected chi connectivity index (χ0v) is 19.0. The third kappa shape index (κ3) is 4.11. The van der Waals surface area contributed by atoms with Crippen molar-refractivity contribution in [1.29, 1.82) is 0 Å². The summed E-state index contributed by atoms with van der Waals surface area (Å²) in [4.78, 5) is 27.9. The van der Waals surface area contributed by atoms with Gasteiger partial charge in [-0.05, 0) is 82.8 Å². The summed E-state index contributed by atoms with van der Waals surface area (Å²) in [6.07, 6.45) is 3.86. The van der Waals surface area contributed by atoms with E-state index in [-0.39, 0.29) is 11.9 Å². The number of amides is 1. The van der Waals surface area contributed by atoms with E-state index in [1.54, 1.807) is 29.2 Å². The number of carbonyl (C=O) groups excluding carboxylic acids is 2. The summed E-state index contributed by atoms with van der Waals surface area (Å²) in [5, 5.41) is 14.7. The van der Waals surface area contributed by atoms with Crippen LogP contribution in [0.1, 0.15) is 36.5 Å². The number of rotatable bonds is 5. The predicted molar refractivity (Wildman–Crippen MR) is 125 cm³/mol. The van der Waals surface area contributed by atoms with E-state index in [0.717, 1.165) is 34.1 Å². The van der Waals surface area contributed by atoms with Crippen LogP contribution in [0.2, 0.25) is 0 Å². The van der Waals surface area contributed by atoms with Crippen molar-refractivity contribution in [3.05, 3.63) is 59.7 Å². The van der Waals surface area contributed by atoms with Gasteiger partial charge in [0.15, 0.2) is 0 Å². The summed E-state index contributed by atoms with van der Waals surface area (Å²) in [5.41, 5.74) is 3.10. The van der Waals surface area contributed by atoms with E-state index in [0.29, 0.717) is 30.8 Å². The van der Waals surface area contributed by atoms with Gasteiger partial charge in [-0.3, -0.25) is 4.79 Å². The maximum Gasteiger partial charge on any atom is 0.328 e. The van der Waals surface area contributed by atoms with Crippen LogP contribution in [-0.2, 0) is 9.53 Å². The van der Waals surface area contributed by atoms with Crippen LogP contribution in [-0.4, -0.2) is 56.2 Å². The summed E-state index contributed by atoms with van der Waals surface area (Å²) < 4.78 is 7.93. The van der Waals surface area contributed by atoms with E-state index >= 15 is 0 Å². The molecule has 8 nitrogen and oxygen atoms in total. The molecular formula is C24H23N5O3S. The molecule has 168 valence electrons. The molecule has 1 amide bonds. The van der Waals surface area contributed by atoms with E-state index in [4.69, 9.17) is 4.74 Å². The Bertz CT molecular complexity index is 1300. The average Bonchev–Trinajstić information content (AvgIpc) is 3.55. The number of hydrogen-bond donors (Lipinski definition) is 0. The van der Waals surface area contributed by atoms with Crippen molar-refractivity contribution in [2.24, 2.45) is 0 Å². The molecule has 0 bridgehead atoms. The molecule has 1 aliphatic heterocycles. The van der Waals surface area contributed by atoms with Crippen LogP contribution in [0.4, 0.5) is 0 Å². The molecule has 0 N–H and O–H groups in total. The summed E-state index contributed by atoms with van der Waals surface area (Å²) in [6, 6.07) is 13.3. The number of esters is 1. The highest BCUT2D eigenvalue weighted by Crippen LogP contribution is 2.34. The Balaban J connectivity index is 1.60. The van der Waals surface area contributed by atoms with Gasteiger partial charge < -0.3 is 9.64 Å². The second-order valence-electron chi connectivity index (χ2n) is 7.93. The summed E-state index contributed by atoms with van der Waals surface area (Å²) >= 11 is 1.66. The van der Waals surface area contributed by atoms with Gasteiger partial charge >= 0.3 is 5.97 Å². The Kier molecular flexibility index (Phi) is 5.87. The first-order valence-corrected chi connectivity index (χ1v) is 11.9. The monoisotopic (exact) mass is 461 g/mol. The molecule has 0 saturated carbocycles. The number of benzene rings is 2. The topological polar surface area (TPSA) is 90.2 Å². The van der Waals surface area contributed by atoms with Gasteiger partial charge in [0.2, 0.25) is 0 Å². The molecule has 1 fully saturated rings. The van der Waals surface area contributed by atoms with Crippen LogP contribution < -0.4 is 0 Å². The Morgan fingerprint density at radius 1 is 1.18 bits per heavy atom. The van der Waals surface area contributed by atoms with Crippen molar-refractivity contribution in [2.75, 3.05) is 13.2 Å². The maximum absolute atomic E-state index is 13.7. The smallest absolute Gasteiger partial charge is 0.328 e. The van der Waals surface area contributed by atoms with E-state index in [1.807, 2.05) is 24.3 Å². The number of fused-ring (bicyclic) bond motifs is 1. The highest BCUT2D eigenvalue weighted by molar-refractivity contribution is 7.17. The molecule has 1 unspecified atom stereocenters. The number of thiophene rings is 1. The minimum atomic E-state index is -0.563. The minimum absolute atomic E-state index is 0.192. The van der Waals surface area contributed by atoms with Crippen molar-refractivity contribution in [3.63, 3.8) is 0 Å². The predicted octanol–water partition coefficient (Wildman–Crippen LogP) is 4.10. The molecule has 1 aliphatic rings. The van der Waals surface area contributed by atoms with Gasteiger partial charge in [-0.2, -0.15) is 0 Å². The third-order valence-electron chi connectivity index (χ3n) is 5.89. The average molecular weight is 462 g/mol. The molecule has 9 heteroatoms. The Hall–Kier alpha value is -3.59. The third-order valence-corrected chi connectivity index (χ3v) is 6.85. The van der Waals surface area contributed by atoms with Crippen LogP contribution in [0.5, 0.6) is 0 Å². The number of aromatic nitrogens is 4. The van der Waals surface area contributed by atoms with Crippen LogP contribution in [0.15, 0.2) is 54.2 Å². The number of piperidine rings is 1. The molecule has 2 aromatic carbocycles. The lowest BCUT2D eigenvalue weighted by molar-refractivity contribution is -0.149. The first kappa shape index (κ1) is 21.3. The highest BCUT2D eigenvalue weighted by Gasteiger charge is 2.34. The number of hydrogen-bond acceptors (Lipinski definition) is 7. The molecule has 1 atom stereocenters. The zero-order chi connectivity index (χ0) is 22.8. The van der Waals surface area contributed by atoms with Gasteiger partial charge in [-0.25, -0.2) is 9.48 Å². The summed E-state index contributed by atoms with van der Waals surface area (Å²) in [5.74, 6) is -0.534. The standard InChI is InChI=1S/C24H23N5O3S/c1-2-32-24(31)21-8-3-4-10-28(21)23(30)18-12-17(13-19(14-18)29-15-25-26-27-29)20-7-5-6-16-9-11-33-22(16)20/h5-7,9,11-15,21H,2-4,8,10H2,1H3.